The highest BCUT2D eigenvalue weighted by molar-refractivity contribution is 7.91. The molecule has 0 aliphatic heterocycles. The number of carbonyl (C=O) groups is 1. The van der Waals surface area contributed by atoms with Crippen LogP contribution in [-0.4, -0.2) is 26.9 Å². The third-order valence-electron chi connectivity index (χ3n) is 5.93. The van der Waals surface area contributed by atoms with E-state index in [4.69, 9.17) is 0 Å². The molecule has 0 radical (unpaired) electrons. The van der Waals surface area contributed by atoms with Crippen molar-refractivity contribution in [3.63, 3.8) is 0 Å². The van der Waals surface area contributed by atoms with Crippen molar-refractivity contribution in [3.05, 3.63) is 88.7 Å². The molecule has 3 aromatic rings. The molecule has 0 saturated carbocycles. The van der Waals surface area contributed by atoms with Crippen molar-refractivity contribution in [1.29, 1.82) is 0 Å². The van der Waals surface area contributed by atoms with Gasteiger partial charge in [-0.2, -0.15) is 13.2 Å². The summed E-state index contributed by atoms with van der Waals surface area (Å²) in [6.45, 7) is 0. The lowest BCUT2D eigenvalue weighted by Crippen LogP contribution is -2.38. The Morgan fingerprint density at radius 2 is 1.66 bits per heavy atom. The highest BCUT2D eigenvalue weighted by Crippen LogP contribution is 2.36. The van der Waals surface area contributed by atoms with Gasteiger partial charge in [0.05, 0.1) is 10.9 Å². The lowest BCUT2D eigenvalue weighted by atomic mass is 9.99. The maximum atomic E-state index is 14.4. The van der Waals surface area contributed by atoms with Gasteiger partial charge in [-0.05, 0) is 65.8 Å². The van der Waals surface area contributed by atoms with Crippen LogP contribution in [0, 0.1) is 5.82 Å². The Balaban J connectivity index is 1.69. The van der Waals surface area contributed by atoms with Crippen molar-refractivity contribution in [3.8, 4) is 5.75 Å². The lowest BCUT2D eigenvalue weighted by Gasteiger charge is -2.17. The molecule has 0 saturated heterocycles. The van der Waals surface area contributed by atoms with Gasteiger partial charge in [-0.25, -0.2) is 12.8 Å². The molecule has 4 rings (SSSR count). The van der Waals surface area contributed by atoms with Crippen molar-refractivity contribution in [1.82, 2.24) is 5.32 Å². The number of aryl methyl sites for hydroxylation is 1. The molecule has 1 unspecified atom stereocenters. The number of sulfone groups is 1. The highest BCUT2D eigenvalue weighted by Gasteiger charge is 2.41. The normalized spacial score (nSPS) is 15.7. The zero-order chi connectivity index (χ0) is 27.9. The van der Waals surface area contributed by atoms with Gasteiger partial charge in [0.15, 0.2) is 0 Å². The first kappa shape index (κ1) is 27.4. The van der Waals surface area contributed by atoms with E-state index in [1.54, 1.807) is 6.07 Å². The molecule has 1 aliphatic carbocycles. The number of amides is 1. The number of fused-ring (bicyclic) bond motifs is 1. The molecule has 13 heteroatoms. The van der Waals surface area contributed by atoms with E-state index in [0.29, 0.717) is 29.2 Å². The Hall–Kier alpha value is -3.61. The Labute approximate surface area is 212 Å². The topological polar surface area (TPSA) is 72.5 Å². The average molecular weight is 561 g/mol. The van der Waals surface area contributed by atoms with Gasteiger partial charge < -0.3 is 10.1 Å². The van der Waals surface area contributed by atoms with E-state index in [-0.39, 0.29) is 18.4 Å². The molecule has 1 N–H and O–H groups in total. The van der Waals surface area contributed by atoms with Crippen LogP contribution < -0.4 is 10.1 Å². The SMILES string of the molecule is O=C(NC1CCc2cc(Cc3ccc(OC(F)(F)F)cc3S(=O)(=O)c3ccccc3F)ccc21)C(F)(F)F. The molecule has 0 bridgehead atoms. The molecule has 1 aliphatic rings. The van der Waals surface area contributed by atoms with Crippen LogP contribution in [0.1, 0.15) is 34.7 Å². The summed E-state index contributed by atoms with van der Waals surface area (Å²) in [5, 5.41) is 1.94. The van der Waals surface area contributed by atoms with E-state index >= 15 is 0 Å². The summed E-state index contributed by atoms with van der Waals surface area (Å²) < 4.78 is 121. The summed E-state index contributed by atoms with van der Waals surface area (Å²) in [7, 11) is -4.62. The van der Waals surface area contributed by atoms with E-state index in [1.165, 1.54) is 24.3 Å². The zero-order valence-electron chi connectivity index (χ0n) is 19.2. The highest BCUT2D eigenvalue weighted by atomic mass is 32.2. The number of alkyl halides is 6. The van der Waals surface area contributed by atoms with Crippen molar-refractivity contribution >= 4 is 15.7 Å². The number of ether oxygens (including phenoxy) is 1. The molecule has 0 spiro atoms. The van der Waals surface area contributed by atoms with Gasteiger partial charge in [0.1, 0.15) is 16.5 Å². The first-order chi connectivity index (χ1) is 17.6. The fourth-order valence-electron chi connectivity index (χ4n) is 4.30. The summed E-state index contributed by atoms with van der Waals surface area (Å²) >= 11 is 0. The molecular weight excluding hydrogens is 543 g/mol. The van der Waals surface area contributed by atoms with E-state index in [1.807, 2.05) is 5.32 Å². The molecule has 0 heterocycles. The summed E-state index contributed by atoms with van der Waals surface area (Å²) in [6, 6.07) is 10.9. The van der Waals surface area contributed by atoms with Gasteiger partial charge in [-0.3, -0.25) is 4.79 Å². The second kappa shape index (κ2) is 9.93. The Morgan fingerprint density at radius 1 is 0.947 bits per heavy atom. The van der Waals surface area contributed by atoms with Gasteiger partial charge in [-0.1, -0.05) is 36.4 Å². The number of hydrogen-bond donors (Lipinski definition) is 1. The second-order valence-corrected chi connectivity index (χ2v) is 10.4. The Morgan fingerprint density at radius 3 is 2.32 bits per heavy atom. The van der Waals surface area contributed by atoms with E-state index in [2.05, 4.69) is 4.74 Å². The molecule has 38 heavy (non-hydrogen) atoms. The quantitative estimate of drug-likeness (QED) is 0.386. The maximum absolute atomic E-state index is 14.4. The lowest BCUT2D eigenvalue weighted by molar-refractivity contribution is -0.274. The van der Waals surface area contributed by atoms with Crippen LogP contribution in [0.15, 0.2) is 70.5 Å². The minimum Gasteiger partial charge on any atom is -0.406 e. The first-order valence-electron chi connectivity index (χ1n) is 11.0. The third-order valence-corrected chi connectivity index (χ3v) is 7.80. The number of rotatable bonds is 6. The number of carbonyl (C=O) groups excluding carboxylic acids is 1. The van der Waals surface area contributed by atoms with Crippen molar-refractivity contribution in [2.75, 3.05) is 0 Å². The largest absolute Gasteiger partial charge is 0.573 e. The number of benzene rings is 3. The van der Waals surface area contributed by atoms with Crippen LogP contribution in [0.5, 0.6) is 5.75 Å². The van der Waals surface area contributed by atoms with E-state index < -0.39 is 55.7 Å². The van der Waals surface area contributed by atoms with Crippen molar-refractivity contribution < 1.29 is 48.7 Å². The summed E-state index contributed by atoms with van der Waals surface area (Å²) in [5.74, 6) is -3.97. The maximum Gasteiger partial charge on any atom is 0.573 e. The van der Waals surface area contributed by atoms with Crippen molar-refractivity contribution in [2.45, 2.75) is 47.6 Å². The number of halogens is 7. The standard InChI is InChI=1S/C25H18F7NO4S/c26-19-3-1-2-4-21(19)38(35,36)22-13-17(37-25(30,31)32)8-6-16(22)12-14-5-9-18-15(11-14)7-10-20(18)33-23(34)24(27,28)29/h1-6,8-9,11,13,20H,7,10,12H2,(H,33,34). The Kier molecular flexibility index (Phi) is 7.17. The molecule has 202 valence electrons. The molecular formula is C25H18F7NO4S. The molecule has 1 atom stereocenters. The molecule has 0 aromatic heterocycles. The predicted octanol–water partition coefficient (Wildman–Crippen LogP) is 5.81. The van der Waals surface area contributed by atoms with Crippen LogP contribution in [0.4, 0.5) is 30.7 Å². The number of nitrogens with one attached hydrogen (secondary N) is 1. The number of hydrogen-bond acceptors (Lipinski definition) is 4. The summed E-state index contributed by atoms with van der Waals surface area (Å²) in [5.41, 5.74) is 1.65. The zero-order valence-corrected chi connectivity index (χ0v) is 20.0. The summed E-state index contributed by atoms with van der Waals surface area (Å²) in [6.07, 6.45) is -9.69. The van der Waals surface area contributed by atoms with Crippen LogP contribution in [-0.2, 0) is 27.5 Å². The molecule has 5 nitrogen and oxygen atoms in total. The Bertz CT molecular complexity index is 1480. The molecule has 0 fully saturated rings. The van der Waals surface area contributed by atoms with Crippen LogP contribution >= 0.6 is 0 Å². The molecule has 1 amide bonds. The first-order valence-corrected chi connectivity index (χ1v) is 12.5. The van der Waals surface area contributed by atoms with Gasteiger partial charge in [0, 0.05) is 0 Å². The smallest absolute Gasteiger partial charge is 0.406 e. The summed E-state index contributed by atoms with van der Waals surface area (Å²) in [4.78, 5) is 9.99. The van der Waals surface area contributed by atoms with Gasteiger partial charge in [-0.15, -0.1) is 13.2 Å². The monoisotopic (exact) mass is 561 g/mol. The third kappa shape index (κ3) is 5.93. The van der Waals surface area contributed by atoms with Gasteiger partial charge >= 0.3 is 18.4 Å². The molecule has 3 aromatic carbocycles. The minimum atomic E-state index is -5.10. The minimum absolute atomic E-state index is 0.0441. The second-order valence-electron chi connectivity index (χ2n) is 8.52. The van der Waals surface area contributed by atoms with Gasteiger partial charge in [0.2, 0.25) is 9.84 Å². The van der Waals surface area contributed by atoms with Crippen LogP contribution in [0.3, 0.4) is 0 Å². The fraction of sp³-hybridized carbons (Fsp3) is 0.240. The fourth-order valence-corrected chi connectivity index (χ4v) is 5.88. The van der Waals surface area contributed by atoms with Crippen LogP contribution in [0.25, 0.3) is 0 Å². The van der Waals surface area contributed by atoms with E-state index in [0.717, 1.165) is 24.3 Å². The van der Waals surface area contributed by atoms with Crippen LogP contribution in [0.2, 0.25) is 0 Å². The van der Waals surface area contributed by atoms with E-state index in [9.17, 15) is 43.9 Å². The van der Waals surface area contributed by atoms with Gasteiger partial charge in [0.25, 0.3) is 0 Å². The van der Waals surface area contributed by atoms with Crippen molar-refractivity contribution in [2.24, 2.45) is 0 Å². The predicted molar refractivity (Wildman–Crippen MR) is 119 cm³/mol. The average Bonchev–Trinajstić information content (AvgIpc) is 3.20.